The molecule has 9 nitrogen and oxygen atoms in total. The monoisotopic (exact) mass is 428 g/mol. The van der Waals surface area contributed by atoms with E-state index in [9.17, 15) is 9.90 Å². The second-order valence-electron chi connectivity index (χ2n) is 7.46. The highest BCUT2D eigenvalue weighted by molar-refractivity contribution is 6.05. The fraction of sp³-hybridized carbons (Fsp3) is 0.130. The summed E-state index contributed by atoms with van der Waals surface area (Å²) in [5.41, 5.74) is 2.31. The number of amides is 1. The number of allylic oxidation sites excluding steroid dienone is 1. The predicted molar refractivity (Wildman–Crippen MR) is 118 cm³/mol. The van der Waals surface area contributed by atoms with Gasteiger partial charge in [0.05, 0.1) is 17.5 Å². The Kier molecular flexibility index (Phi) is 4.70. The Morgan fingerprint density at radius 2 is 2.06 bits per heavy atom. The number of hydrogen-bond donors (Lipinski definition) is 3. The quantitative estimate of drug-likeness (QED) is 0.451. The third-order valence-electron chi connectivity index (χ3n) is 5.15. The summed E-state index contributed by atoms with van der Waals surface area (Å²) in [4.78, 5) is 22.0. The number of aromatic hydroxyl groups is 1. The van der Waals surface area contributed by atoms with Crippen LogP contribution in [0.2, 0.25) is 0 Å². The van der Waals surface area contributed by atoms with Gasteiger partial charge in [0.25, 0.3) is 5.91 Å². The Hall–Kier alpha value is -4.40. The van der Waals surface area contributed by atoms with Gasteiger partial charge in [0.2, 0.25) is 5.95 Å². The highest BCUT2D eigenvalue weighted by atomic mass is 16.3. The van der Waals surface area contributed by atoms with Crippen LogP contribution in [0.1, 0.15) is 24.5 Å². The lowest BCUT2D eigenvalue weighted by Gasteiger charge is -2.27. The summed E-state index contributed by atoms with van der Waals surface area (Å²) in [6.07, 6.45) is 3.22. The van der Waals surface area contributed by atoms with Crippen molar-refractivity contribution in [1.82, 2.24) is 19.7 Å². The molecule has 160 valence electrons. The summed E-state index contributed by atoms with van der Waals surface area (Å²) in [7, 11) is 0. The van der Waals surface area contributed by atoms with Crippen molar-refractivity contribution in [3.05, 3.63) is 83.7 Å². The van der Waals surface area contributed by atoms with E-state index in [-0.39, 0.29) is 11.7 Å². The number of furan rings is 1. The average molecular weight is 428 g/mol. The molecule has 1 aromatic carbocycles. The van der Waals surface area contributed by atoms with Gasteiger partial charge in [-0.25, -0.2) is 4.68 Å². The number of carbonyl (C=O) groups is 1. The molecular weight excluding hydrogens is 408 g/mol. The summed E-state index contributed by atoms with van der Waals surface area (Å²) >= 11 is 0. The van der Waals surface area contributed by atoms with Crippen molar-refractivity contribution in [1.29, 1.82) is 0 Å². The lowest BCUT2D eigenvalue weighted by Crippen LogP contribution is -2.31. The van der Waals surface area contributed by atoms with Gasteiger partial charge in [0.1, 0.15) is 23.3 Å². The van der Waals surface area contributed by atoms with Crippen LogP contribution >= 0.6 is 0 Å². The standard InChI is InChI=1S/C23H20N6O3/c1-13-8-9-18(32-13)20-19(22(31)26-16-6-4-10-24-12-16)14(2)25-23-27-21(28-29(20)23)15-5-3-7-17(30)11-15/h3-12,20,30H,1-2H3,(H,26,31)(H,25,27,28). The van der Waals surface area contributed by atoms with E-state index in [4.69, 9.17) is 4.42 Å². The zero-order valence-corrected chi connectivity index (χ0v) is 17.4. The van der Waals surface area contributed by atoms with E-state index in [1.54, 1.807) is 47.4 Å². The number of nitrogens with one attached hydrogen (secondary N) is 2. The predicted octanol–water partition coefficient (Wildman–Crippen LogP) is 3.87. The maximum Gasteiger partial charge on any atom is 0.256 e. The van der Waals surface area contributed by atoms with Crippen molar-refractivity contribution in [2.24, 2.45) is 0 Å². The Bertz CT molecular complexity index is 1340. The van der Waals surface area contributed by atoms with Crippen LogP contribution in [0.4, 0.5) is 11.6 Å². The number of aryl methyl sites for hydroxylation is 1. The van der Waals surface area contributed by atoms with Crippen LogP contribution in [-0.2, 0) is 4.79 Å². The molecule has 3 aromatic heterocycles. The smallest absolute Gasteiger partial charge is 0.256 e. The van der Waals surface area contributed by atoms with E-state index >= 15 is 0 Å². The highest BCUT2D eigenvalue weighted by Crippen LogP contribution is 2.37. The van der Waals surface area contributed by atoms with Crippen molar-refractivity contribution in [2.75, 3.05) is 10.6 Å². The SMILES string of the molecule is CC1=C(C(=O)Nc2cccnc2)C(c2ccc(C)o2)n2nc(-c3cccc(O)c3)nc2N1. The average Bonchev–Trinajstić information content (AvgIpc) is 3.39. The van der Waals surface area contributed by atoms with Crippen molar-refractivity contribution in [2.45, 2.75) is 19.9 Å². The molecule has 0 fully saturated rings. The van der Waals surface area contributed by atoms with E-state index < -0.39 is 6.04 Å². The summed E-state index contributed by atoms with van der Waals surface area (Å²) in [6.45, 7) is 3.66. The fourth-order valence-electron chi connectivity index (χ4n) is 3.71. The third kappa shape index (κ3) is 3.49. The second-order valence-corrected chi connectivity index (χ2v) is 7.46. The van der Waals surface area contributed by atoms with Gasteiger partial charge in [0.15, 0.2) is 5.82 Å². The first-order valence-electron chi connectivity index (χ1n) is 10.0. The molecule has 3 N–H and O–H groups in total. The molecule has 9 heteroatoms. The molecule has 0 aliphatic carbocycles. The topological polar surface area (TPSA) is 118 Å². The molecular formula is C23H20N6O3. The number of pyridine rings is 1. The van der Waals surface area contributed by atoms with Gasteiger partial charge in [-0.2, -0.15) is 4.98 Å². The van der Waals surface area contributed by atoms with E-state index in [0.717, 1.165) is 5.76 Å². The zero-order valence-electron chi connectivity index (χ0n) is 17.4. The Labute approximate surface area is 183 Å². The van der Waals surface area contributed by atoms with Crippen LogP contribution in [0.5, 0.6) is 5.75 Å². The van der Waals surface area contributed by atoms with Gasteiger partial charge in [-0.1, -0.05) is 12.1 Å². The van der Waals surface area contributed by atoms with E-state index in [0.29, 0.717) is 40.1 Å². The van der Waals surface area contributed by atoms with Crippen LogP contribution in [0.3, 0.4) is 0 Å². The second kappa shape index (κ2) is 7.69. The van der Waals surface area contributed by atoms with Gasteiger partial charge >= 0.3 is 0 Å². The maximum atomic E-state index is 13.3. The zero-order chi connectivity index (χ0) is 22.2. The van der Waals surface area contributed by atoms with Crippen molar-refractivity contribution in [3.8, 4) is 17.1 Å². The van der Waals surface area contributed by atoms with Crippen LogP contribution in [-0.4, -0.2) is 30.8 Å². The number of rotatable bonds is 4. The number of aromatic nitrogens is 4. The number of hydrogen-bond acceptors (Lipinski definition) is 7. The molecule has 1 aliphatic heterocycles. The summed E-state index contributed by atoms with van der Waals surface area (Å²) in [5, 5.41) is 20.6. The van der Waals surface area contributed by atoms with Gasteiger partial charge in [-0.3, -0.25) is 9.78 Å². The normalized spacial score (nSPS) is 15.2. The minimum atomic E-state index is -0.629. The van der Waals surface area contributed by atoms with Crippen LogP contribution in [0, 0.1) is 6.92 Å². The van der Waals surface area contributed by atoms with E-state index in [1.165, 1.54) is 0 Å². The molecule has 0 radical (unpaired) electrons. The van der Waals surface area contributed by atoms with Gasteiger partial charge in [-0.15, -0.1) is 5.10 Å². The largest absolute Gasteiger partial charge is 0.508 e. The summed E-state index contributed by atoms with van der Waals surface area (Å²) in [6, 6.07) is 13.3. The maximum absolute atomic E-state index is 13.3. The van der Waals surface area contributed by atoms with Gasteiger partial charge in [0, 0.05) is 17.5 Å². The van der Waals surface area contributed by atoms with Crippen LogP contribution in [0.25, 0.3) is 11.4 Å². The molecule has 0 spiro atoms. The highest BCUT2D eigenvalue weighted by Gasteiger charge is 2.36. The van der Waals surface area contributed by atoms with Gasteiger partial charge in [-0.05, 0) is 50.2 Å². The minimum Gasteiger partial charge on any atom is -0.508 e. The van der Waals surface area contributed by atoms with Crippen molar-refractivity contribution >= 4 is 17.5 Å². The summed E-state index contributed by atoms with van der Waals surface area (Å²) in [5.74, 6) is 1.98. The first-order chi connectivity index (χ1) is 15.5. The Morgan fingerprint density at radius 1 is 1.19 bits per heavy atom. The molecule has 5 rings (SSSR count). The lowest BCUT2D eigenvalue weighted by atomic mass is 10.00. The molecule has 1 amide bonds. The van der Waals surface area contributed by atoms with E-state index in [1.807, 2.05) is 32.0 Å². The first kappa shape index (κ1) is 19.6. The number of benzene rings is 1. The van der Waals surface area contributed by atoms with E-state index in [2.05, 4.69) is 25.7 Å². The molecule has 1 aliphatic rings. The summed E-state index contributed by atoms with van der Waals surface area (Å²) < 4.78 is 7.54. The molecule has 0 saturated carbocycles. The van der Waals surface area contributed by atoms with Gasteiger partial charge < -0.3 is 20.2 Å². The Morgan fingerprint density at radius 3 is 2.78 bits per heavy atom. The van der Waals surface area contributed by atoms with Crippen LogP contribution < -0.4 is 10.6 Å². The number of anilines is 2. The number of nitrogens with zero attached hydrogens (tertiary/aromatic N) is 4. The Balaban J connectivity index is 1.60. The molecule has 0 bridgehead atoms. The molecule has 0 saturated heterocycles. The number of carbonyl (C=O) groups excluding carboxylic acids is 1. The lowest BCUT2D eigenvalue weighted by molar-refractivity contribution is -0.113. The van der Waals surface area contributed by atoms with Crippen molar-refractivity contribution in [3.63, 3.8) is 0 Å². The number of phenolic OH excluding ortho intramolecular Hbond substituents is 1. The molecule has 32 heavy (non-hydrogen) atoms. The fourth-order valence-corrected chi connectivity index (χ4v) is 3.71. The minimum absolute atomic E-state index is 0.118. The number of fused-ring (bicyclic) bond motifs is 1. The molecule has 4 heterocycles. The third-order valence-corrected chi connectivity index (χ3v) is 5.15. The first-order valence-corrected chi connectivity index (χ1v) is 10.0. The number of phenols is 1. The van der Waals surface area contributed by atoms with Crippen LogP contribution in [0.15, 0.2) is 76.6 Å². The molecule has 4 aromatic rings. The molecule has 1 unspecified atom stereocenters. The van der Waals surface area contributed by atoms with Crippen molar-refractivity contribution < 1.29 is 14.3 Å². The molecule has 1 atom stereocenters.